The Bertz CT molecular complexity index is 329. The Kier molecular flexibility index (Phi) is 4.00. The molecule has 20 heavy (non-hydrogen) atoms. The van der Waals surface area contributed by atoms with Gasteiger partial charge in [-0.15, -0.1) is 0 Å². The van der Waals surface area contributed by atoms with Crippen LogP contribution in [0.4, 0.5) is 4.39 Å². The molecule has 0 saturated carbocycles. The summed E-state index contributed by atoms with van der Waals surface area (Å²) in [5.41, 5.74) is 5.80. The van der Waals surface area contributed by atoms with Gasteiger partial charge < -0.3 is 20.9 Å². The summed E-state index contributed by atoms with van der Waals surface area (Å²) in [5, 5.41) is 12.7. The van der Waals surface area contributed by atoms with Crippen LogP contribution in [-0.4, -0.2) is 84.9 Å². The van der Waals surface area contributed by atoms with Crippen LogP contribution in [0.5, 0.6) is 0 Å². The monoisotopic (exact) mass is 288 g/mol. The second-order valence-electron chi connectivity index (χ2n) is 6.41. The first-order chi connectivity index (χ1) is 9.51. The Morgan fingerprint density at radius 1 is 1.35 bits per heavy atom. The number of likely N-dealkylation sites (N-methyl/N-ethyl adjacent to an activating group) is 1. The fourth-order valence-corrected chi connectivity index (χ4v) is 3.79. The second kappa shape index (κ2) is 5.47. The molecule has 0 aliphatic carbocycles. The Labute approximate surface area is 119 Å². The number of rotatable bonds is 1. The number of ether oxygens (including phenoxy) is 1. The summed E-state index contributed by atoms with van der Waals surface area (Å²) in [5.74, 6) is 0. The number of nitrogens with two attached hydrogens (primary N) is 1. The van der Waals surface area contributed by atoms with Crippen LogP contribution in [0, 0.1) is 0 Å². The second-order valence-corrected chi connectivity index (χ2v) is 6.41. The molecule has 4 N–H and O–H groups in total. The molecule has 1 spiro atoms. The Morgan fingerprint density at radius 3 is 2.60 bits per heavy atom. The number of alkyl halides is 1. The number of halogens is 1. The van der Waals surface area contributed by atoms with Gasteiger partial charge >= 0.3 is 0 Å². The highest BCUT2D eigenvalue weighted by atomic mass is 19.1. The van der Waals surface area contributed by atoms with Gasteiger partial charge in [0.25, 0.3) is 0 Å². The van der Waals surface area contributed by atoms with Gasteiger partial charge in [0, 0.05) is 38.8 Å². The smallest absolute Gasteiger partial charge is 0.216 e. The lowest BCUT2D eigenvalue weighted by Gasteiger charge is -2.46. The maximum Gasteiger partial charge on any atom is 0.216 e. The molecular formula is C13H25FN4O2. The van der Waals surface area contributed by atoms with Gasteiger partial charge in [-0.05, 0) is 19.9 Å². The van der Waals surface area contributed by atoms with Gasteiger partial charge in [0.05, 0.1) is 11.6 Å². The quantitative estimate of drug-likeness (QED) is 0.557. The van der Waals surface area contributed by atoms with Crippen LogP contribution < -0.4 is 11.1 Å². The van der Waals surface area contributed by atoms with Crippen molar-refractivity contribution in [1.29, 1.82) is 0 Å². The molecule has 7 heteroatoms. The molecule has 3 aliphatic heterocycles. The molecule has 3 fully saturated rings. The molecule has 0 aromatic carbocycles. The molecule has 116 valence electrons. The first-order valence-electron chi connectivity index (χ1n) is 7.41. The number of aliphatic hydroxyl groups excluding tert-OH is 1. The standard InChI is InChI=1S/C13H25FN4O2/c1-17-8-13(20-12(17)19)2-4-18(5-3-13)11-9(14)6-16-7-10(11)15/h9-12,16,19H,2-8,15H2,1H3. The topological polar surface area (TPSA) is 74.0 Å². The van der Waals surface area contributed by atoms with E-state index in [0.717, 1.165) is 32.5 Å². The third-order valence-electron chi connectivity index (χ3n) is 4.93. The molecule has 0 aromatic rings. The first-order valence-corrected chi connectivity index (χ1v) is 7.41. The van der Waals surface area contributed by atoms with Gasteiger partial charge in [-0.1, -0.05) is 0 Å². The highest BCUT2D eigenvalue weighted by Crippen LogP contribution is 2.35. The normalized spacial score (nSPS) is 43.2. The molecular weight excluding hydrogens is 263 g/mol. The summed E-state index contributed by atoms with van der Waals surface area (Å²) in [7, 11) is 1.85. The summed E-state index contributed by atoms with van der Waals surface area (Å²) in [6.45, 7) is 3.35. The van der Waals surface area contributed by atoms with Gasteiger partial charge in [-0.2, -0.15) is 0 Å². The van der Waals surface area contributed by atoms with Crippen LogP contribution in [0.2, 0.25) is 0 Å². The molecule has 4 unspecified atom stereocenters. The molecule has 3 saturated heterocycles. The molecule has 3 heterocycles. The zero-order valence-electron chi connectivity index (χ0n) is 12.0. The Morgan fingerprint density at radius 2 is 2.05 bits per heavy atom. The molecule has 0 aromatic heterocycles. The van der Waals surface area contributed by atoms with E-state index < -0.39 is 12.6 Å². The average Bonchev–Trinajstić information content (AvgIpc) is 2.67. The SMILES string of the molecule is CN1CC2(CCN(C3C(N)CNCC3F)CC2)OC1O. The van der Waals surface area contributed by atoms with Crippen molar-refractivity contribution in [2.45, 2.75) is 43.1 Å². The van der Waals surface area contributed by atoms with Crippen molar-refractivity contribution in [3.8, 4) is 0 Å². The molecule has 3 aliphatic rings. The third kappa shape index (κ3) is 2.58. The fraction of sp³-hybridized carbons (Fsp3) is 1.00. The van der Waals surface area contributed by atoms with E-state index in [-0.39, 0.29) is 17.7 Å². The largest absolute Gasteiger partial charge is 0.356 e. The molecule has 4 atom stereocenters. The number of likely N-dealkylation sites (tertiary alicyclic amines) is 1. The summed E-state index contributed by atoms with van der Waals surface area (Å²) in [6.07, 6.45) is -0.0858. The van der Waals surface area contributed by atoms with Crippen molar-refractivity contribution in [3.05, 3.63) is 0 Å². The van der Waals surface area contributed by atoms with E-state index in [1.807, 2.05) is 11.9 Å². The third-order valence-corrected chi connectivity index (χ3v) is 4.93. The number of hydrogen-bond acceptors (Lipinski definition) is 6. The van der Waals surface area contributed by atoms with E-state index in [9.17, 15) is 9.50 Å². The average molecular weight is 288 g/mol. The van der Waals surface area contributed by atoms with Crippen molar-refractivity contribution in [1.82, 2.24) is 15.1 Å². The van der Waals surface area contributed by atoms with Crippen LogP contribution in [0.15, 0.2) is 0 Å². The minimum absolute atomic E-state index is 0.162. The van der Waals surface area contributed by atoms with Gasteiger partial charge in [-0.3, -0.25) is 9.80 Å². The van der Waals surface area contributed by atoms with E-state index in [4.69, 9.17) is 10.5 Å². The van der Waals surface area contributed by atoms with Gasteiger partial charge in [0.2, 0.25) is 6.41 Å². The summed E-state index contributed by atoms with van der Waals surface area (Å²) in [6, 6.07) is -0.358. The molecule has 0 radical (unpaired) electrons. The van der Waals surface area contributed by atoms with E-state index in [0.29, 0.717) is 13.1 Å². The van der Waals surface area contributed by atoms with Gasteiger partial charge in [0.1, 0.15) is 6.17 Å². The molecule has 3 rings (SSSR count). The lowest BCUT2D eigenvalue weighted by atomic mass is 9.88. The predicted octanol–water partition coefficient (Wildman–Crippen LogP) is -1.30. The molecule has 0 bridgehead atoms. The maximum atomic E-state index is 14.1. The highest BCUT2D eigenvalue weighted by Gasteiger charge is 2.47. The summed E-state index contributed by atoms with van der Waals surface area (Å²) in [4.78, 5) is 3.97. The van der Waals surface area contributed by atoms with Crippen molar-refractivity contribution < 1.29 is 14.2 Å². The number of piperidine rings is 2. The molecule has 0 amide bonds. The summed E-state index contributed by atoms with van der Waals surface area (Å²) < 4.78 is 19.8. The number of nitrogens with one attached hydrogen (secondary N) is 1. The van der Waals surface area contributed by atoms with E-state index in [2.05, 4.69) is 10.2 Å². The number of hydrogen-bond donors (Lipinski definition) is 3. The Hall–Kier alpha value is -0.310. The minimum atomic E-state index is -0.912. The van der Waals surface area contributed by atoms with E-state index in [1.54, 1.807) is 0 Å². The van der Waals surface area contributed by atoms with Crippen LogP contribution in [-0.2, 0) is 4.74 Å². The first kappa shape index (κ1) is 14.6. The van der Waals surface area contributed by atoms with E-state index >= 15 is 0 Å². The van der Waals surface area contributed by atoms with Crippen molar-refractivity contribution in [3.63, 3.8) is 0 Å². The van der Waals surface area contributed by atoms with Crippen LogP contribution >= 0.6 is 0 Å². The number of aliphatic hydroxyl groups is 1. The van der Waals surface area contributed by atoms with Gasteiger partial charge in [-0.25, -0.2) is 4.39 Å². The fourth-order valence-electron chi connectivity index (χ4n) is 3.79. The summed E-state index contributed by atoms with van der Waals surface area (Å²) >= 11 is 0. The lowest BCUT2D eigenvalue weighted by molar-refractivity contribution is -0.183. The minimum Gasteiger partial charge on any atom is -0.356 e. The van der Waals surface area contributed by atoms with Gasteiger partial charge in [0.15, 0.2) is 0 Å². The van der Waals surface area contributed by atoms with Crippen LogP contribution in [0.1, 0.15) is 12.8 Å². The highest BCUT2D eigenvalue weighted by molar-refractivity contribution is 5.00. The zero-order chi connectivity index (χ0) is 14.3. The predicted molar refractivity (Wildman–Crippen MR) is 72.8 cm³/mol. The zero-order valence-corrected chi connectivity index (χ0v) is 12.0. The van der Waals surface area contributed by atoms with Crippen molar-refractivity contribution in [2.24, 2.45) is 5.73 Å². The molecule has 6 nitrogen and oxygen atoms in total. The Balaban J connectivity index is 1.61. The lowest BCUT2D eigenvalue weighted by Crippen LogP contribution is -2.64. The van der Waals surface area contributed by atoms with Crippen molar-refractivity contribution in [2.75, 3.05) is 39.8 Å². The van der Waals surface area contributed by atoms with Crippen LogP contribution in [0.3, 0.4) is 0 Å². The van der Waals surface area contributed by atoms with Crippen LogP contribution in [0.25, 0.3) is 0 Å². The van der Waals surface area contributed by atoms with E-state index in [1.165, 1.54) is 0 Å². The van der Waals surface area contributed by atoms with Crippen molar-refractivity contribution >= 4 is 0 Å². The maximum absolute atomic E-state index is 14.1. The number of nitrogens with zero attached hydrogens (tertiary/aromatic N) is 2.